The predicted octanol–water partition coefficient (Wildman–Crippen LogP) is 0.0387. The number of aromatic amines is 1. The van der Waals surface area contributed by atoms with Gasteiger partial charge in [0.15, 0.2) is 0 Å². The van der Waals surface area contributed by atoms with Gasteiger partial charge in [0, 0.05) is 12.5 Å². The minimum Gasteiger partial charge on any atom is -0.392 e. The number of hydrogen-bond donors (Lipinski definition) is 3. The molecule has 1 aromatic heterocycles. The molecule has 6 nitrogen and oxygen atoms in total. The SMILES string of the molecule is CC(C)c1nc(C(=O)NC[C@@H](C)O)n[nH]1. The van der Waals surface area contributed by atoms with Crippen LogP contribution in [0.4, 0.5) is 0 Å². The normalized spacial score (nSPS) is 12.9. The summed E-state index contributed by atoms with van der Waals surface area (Å²) < 4.78 is 0. The highest BCUT2D eigenvalue weighted by Gasteiger charge is 2.13. The highest BCUT2D eigenvalue weighted by atomic mass is 16.3. The molecule has 1 heterocycles. The Morgan fingerprint density at radius 2 is 2.20 bits per heavy atom. The molecule has 0 aliphatic heterocycles. The maximum absolute atomic E-state index is 11.4. The number of aliphatic hydroxyl groups excluding tert-OH is 1. The lowest BCUT2D eigenvalue weighted by Gasteiger charge is -2.03. The molecule has 0 aliphatic carbocycles. The summed E-state index contributed by atoms with van der Waals surface area (Å²) in [7, 11) is 0. The molecule has 0 radical (unpaired) electrons. The zero-order valence-corrected chi connectivity index (χ0v) is 9.11. The van der Waals surface area contributed by atoms with Gasteiger partial charge in [-0.3, -0.25) is 9.89 Å². The highest BCUT2D eigenvalue weighted by molar-refractivity contribution is 5.90. The number of amides is 1. The number of rotatable bonds is 4. The fraction of sp³-hybridized carbons (Fsp3) is 0.667. The summed E-state index contributed by atoms with van der Waals surface area (Å²) in [6.45, 7) is 5.71. The van der Waals surface area contributed by atoms with Crippen LogP contribution < -0.4 is 5.32 Å². The van der Waals surface area contributed by atoms with Gasteiger partial charge in [-0.15, -0.1) is 5.10 Å². The van der Waals surface area contributed by atoms with Crippen molar-refractivity contribution in [3.63, 3.8) is 0 Å². The van der Waals surface area contributed by atoms with Gasteiger partial charge >= 0.3 is 0 Å². The molecule has 3 N–H and O–H groups in total. The lowest BCUT2D eigenvalue weighted by molar-refractivity contribution is 0.0914. The molecule has 15 heavy (non-hydrogen) atoms. The van der Waals surface area contributed by atoms with Crippen molar-refractivity contribution in [2.45, 2.75) is 32.8 Å². The second kappa shape index (κ2) is 4.88. The van der Waals surface area contributed by atoms with Crippen LogP contribution in [0, 0.1) is 0 Å². The van der Waals surface area contributed by atoms with E-state index < -0.39 is 6.10 Å². The first-order valence-corrected chi connectivity index (χ1v) is 4.89. The summed E-state index contributed by atoms with van der Waals surface area (Å²) in [5.41, 5.74) is 0. The van der Waals surface area contributed by atoms with Gasteiger partial charge in [0.25, 0.3) is 5.91 Å². The molecular weight excluding hydrogens is 196 g/mol. The molecule has 0 unspecified atom stereocenters. The van der Waals surface area contributed by atoms with Gasteiger partial charge < -0.3 is 10.4 Å². The molecule has 0 aliphatic rings. The first-order valence-electron chi connectivity index (χ1n) is 4.89. The Labute approximate surface area is 88.1 Å². The Balaban J connectivity index is 2.58. The number of nitrogens with zero attached hydrogens (tertiary/aromatic N) is 2. The van der Waals surface area contributed by atoms with Crippen LogP contribution >= 0.6 is 0 Å². The minimum absolute atomic E-state index is 0.111. The van der Waals surface area contributed by atoms with Crippen molar-refractivity contribution in [2.75, 3.05) is 6.54 Å². The van der Waals surface area contributed by atoms with E-state index in [9.17, 15) is 4.79 Å². The van der Waals surface area contributed by atoms with Gasteiger partial charge in [-0.05, 0) is 6.92 Å². The van der Waals surface area contributed by atoms with Crippen LogP contribution in [0.5, 0.6) is 0 Å². The Hall–Kier alpha value is -1.43. The largest absolute Gasteiger partial charge is 0.392 e. The average Bonchev–Trinajstić information content (AvgIpc) is 2.62. The molecule has 0 aromatic carbocycles. The van der Waals surface area contributed by atoms with E-state index in [-0.39, 0.29) is 24.2 Å². The zero-order chi connectivity index (χ0) is 11.4. The van der Waals surface area contributed by atoms with Gasteiger partial charge in [-0.1, -0.05) is 13.8 Å². The highest BCUT2D eigenvalue weighted by Crippen LogP contribution is 2.07. The number of nitrogens with one attached hydrogen (secondary N) is 2. The summed E-state index contributed by atoms with van der Waals surface area (Å²) in [6, 6.07) is 0. The lowest BCUT2D eigenvalue weighted by Crippen LogP contribution is -2.31. The molecule has 1 rings (SSSR count). The minimum atomic E-state index is -0.572. The maximum atomic E-state index is 11.4. The van der Waals surface area contributed by atoms with E-state index in [1.165, 1.54) is 0 Å². The second-order valence-corrected chi connectivity index (χ2v) is 3.76. The summed E-state index contributed by atoms with van der Waals surface area (Å²) >= 11 is 0. The molecule has 0 spiro atoms. The van der Waals surface area contributed by atoms with Gasteiger partial charge in [0.1, 0.15) is 5.82 Å². The third kappa shape index (κ3) is 3.32. The van der Waals surface area contributed by atoms with Crippen molar-refractivity contribution in [1.82, 2.24) is 20.5 Å². The lowest BCUT2D eigenvalue weighted by atomic mass is 10.2. The van der Waals surface area contributed by atoms with Crippen LogP contribution in [-0.4, -0.2) is 38.8 Å². The average molecular weight is 212 g/mol. The molecule has 1 atom stereocenters. The van der Waals surface area contributed by atoms with Crippen molar-refractivity contribution in [3.05, 3.63) is 11.6 Å². The van der Waals surface area contributed by atoms with E-state index in [2.05, 4.69) is 20.5 Å². The van der Waals surface area contributed by atoms with E-state index in [4.69, 9.17) is 5.11 Å². The van der Waals surface area contributed by atoms with Crippen LogP contribution in [0.15, 0.2) is 0 Å². The number of hydrogen-bond acceptors (Lipinski definition) is 4. The monoisotopic (exact) mass is 212 g/mol. The van der Waals surface area contributed by atoms with Crippen LogP contribution in [0.2, 0.25) is 0 Å². The van der Waals surface area contributed by atoms with Crippen molar-refractivity contribution >= 4 is 5.91 Å². The molecule has 1 amide bonds. The van der Waals surface area contributed by atoms with Crippen molar-refractivity contribution in [1.29, 1.82) is 0 Å². The molecular formula is C9H16N4O2. The maximum Gasteiger partial charge on any atom is 0.291 e. The van der Waals surface area contributed by atoms with Crippen LogP contribution in [-0.2, 0) is 0 Å². The smallest absolute Gasteiger partial charge is 0.291 e. The van der Waals surface area contributed by atoms with Crippen molar-refractivity contribution < 1.29 is 9.90 Å². The predicted molar refractivity (Wildman–Crippen MR) is 54.5 cm³/mol. The Morgan fingerprint density at radius 1 is 1.53 bits per heavy atom. The Morgan fingerprint density at radius 3 is 2.67 bits per heavy atom. The van der Waals surface area contributed by atoms with Gasteiger partial charge in [-0.25, -0.2) is 4.98 Å². The summed E-state index contributed by atoms with van der Waals surface area (Å²) in [5.74, 6) is 0.617. The van der Waals surface area contributed by atoms with Gasteiger partial charge in [-0.2, -0.15) is 0 Å². The van der Waals surface area contributed by atoms with Gasteiger partial charge in [0.05, 0.1) is 6.10 Å². The molecule has 0 fully saturated rings. The van der Waals surface area contributed by atoms with E-state index in [1.54, 1.807) is 6.92 Å². The van der Waals surface area contributed by atoms with E-state index in [1.807, 2.05) is 13.8 Å². The Kier molecular flexibility index (Phi) is 3.79. The third-order valence-corrected chi connectivity index (χ3v) is 1.81. The number of carbonyl (C=O) groups is 1. The number of H-pyrrole nitrogens is 1. The van der Waals surface area contributed by atoms with Crippen molar-refractivity contribution in [2.24, 2.45) is 0 Å². The van der Waals surface area contributed by atoms with Crippen LogP contribution in [0.3, 0.4) is 0 Å². The van der Waals surface area contributed by atoms with Crippen LogP contribution in [0.1, 0.15) is 43.1 Å². The zero-order valence-electron chi connectivity index (χ0n) is 9.11. The fourth-order valence-electron chi connectivity index (χ4n) is 0.954. The van der Waals surface area contributed by atoms with Crippen LogP contribution in [0.25, 0.3) is 0 Å². The second-order valence-electron chi connectivity index (χ2n) is 3.76. The van der Waals surface area contributed by atoms with Gasteiger partial charge in [0.2, 0.25) is 5.82 Å². The third-order valence-electron chi connectivity index (χ3n) is 1.81. The standard InChI is InChI=1S/C9H16N4O2/c1-5(2)7-11-8(13-12-7)9(15)10-4-6(3)14/h5-6,14H,4H2,1-3H3,(H,10,15)(H,11,12,13)/t6-/m1/s1. The number of aromatic nitrogens is 3. The molecule has 84 valence electrons. The molecule has 6 heteroatoms. The fourth-order valence-corrected chi connectivity index (χ4v) is 0.954. The molecule has 0 saturated carbocycles. The molecule has 1 aromatic rings. The topological polar surface area (TPSA) is 90.9 Å². The number of carbonyl (C=O) groups excluding carboxylic acids is 1. The van der Waals surface area contributed by atoms with E-state index in [0.717, 1.165) is 0 Å². The van der Waals surface area contributed by atoms with E-state index >= 15 is 0 Å². The number of aliphatic hydroxyl groups is 1. The summed E-state index contributed by atoms with van der Waals surface area (Å²) in [4.78, 5) is 15.4. The first kappa shape index (κ1) is 11.6. The first-order chi connectivity index (χ1) is 7.00. The quantitative estimate of drug-likeness (QED) is 0.657. The molecule has 0 bridgehead atoms. The Bertz CT molecular complexity index is 333. The summed E-state index contributed by atoms with van der Waals surface area (Å²) in [6.07, 6.45) is -0.572. The van der Waals surface area contributed by atoms with E-state index in [0.29, 0.717) is 5.82 Å². The van der Waals surface area contributed by atoms with Crippen molar-refractivity contribution in [3.8, 4) is 0 Å². The molecule has 0 saturated heterocycles. The summed E-state index contributed by atoms with van der Waals surface area (Å²) in [5, 5.41) is 18.0.